The van der Waals surface area contributed by atoms with Crippen molar-refractivity contribution in [2.24, 2.45) is 0 Å². The summed E-state index contributed by atoms with van der Waals surface area (Å²) in [6, 6.07) is 0. The quantitative estimate of drug-likeness (QED) is 0.0281. The van der Waals surface area contributed by atoms with Crippen molar-refractivity contribution in [2.75, 3.05) is 47.5 Å². The van der Waals surface area contributed by atoms with Gasteiger partial charge in [0.1, 0.15) is 13.2 Å². The van der Waals surface area contributed by atoms with Crippen LogP contribution in [0.1, 0.15) is 226 Å². The van der Waals surface area contributed by atoms with Gasteiger partial charge in [0.05, 0.1) is 34.4 Å². The molecule has 9 nitrogen and oxygen atoms in total. The first kappa shape index (κ1) is 54.3. The molecule has 0 spiro atoms. The molecule has 0 fully saturated rings. The van der Waals surface area contributed by atoms with Gasteiger partial charge in [0.2, 0.25) is 0 Å². The molecular formula is C47H92NO8+. The summed E-state index contributed by atoms with van der Waals surface area (Å²) < 4.78 is 22.8. The van der Waals surface area contributed by atoms with Crippen LogP contribution in [0.2, 0.25) is 0 Å². The Morgan fingerprint density at radius 3 is 1.14 bits per heavy atom. The summed E-state index contributed by atoms with van der Waals surface area (Å²) in [6.07, 6.45) is 37.2. The van der Waals surface area contributed by atoms with E-state index in [2.05, 4.69) is 13.8 Å². The number of quaternary nitrogens is 1. The molecule has 0 bridgehead atoms. The highest BCUT2D eigenvalue weighted by molar-refractivity contribution is 5.71. The van der Waals surface area contributed by atoms with Gasteiger partial charge in [-0.1, -0.05) is 200 Å². The molecule has 332 valence electrons. The van der Waals surface area contributed by atoms with Crippen molar-refractivity contribution in [1.82, 2.24) is 0 Å². The van der Waals surface area contributed by atoms with Crippen LogP contribution in [0.5, 0.6) is 0 Å². The lowest BCUT2D eigenvalue weighted by Gasteiger charge is -2.25. The first-order valence-corrected chi connectivity index (χ1v) is 23.7. The second-order valence-corrected chi connectivity index (χ2v) is 17.4. The molecule has 0 aliphatic heterocycles. The molecule has 0 saturated carbocycles. The smallest absolute Gasteiger partial charge is 0.361 e. The average Bonchev–Trinajstić information content (AvgIpc) is 3.15. The first-order valence-electron chi connectivity index (χ1n) is 23.7. The van der Waals surface area contributed by atoms with Crippen LogP contribution in [0.15, 0.2) is 0 Å². The molecule has 2 atom stereocenters. The van der Waals surface area contributed by atoms with Gasteiger partial charge in [-0.15, -0.1) is 0 Å². The van der Waals surface area contributed by atoms with E-state index in [1.54, 1.807) is 0 Å². The molecule has 0 saturated heterocycles. The Morgan fingerprint density at radius 2 is 0.804 bits per heavy atom. The Balaban J connectivity index is 4.36. The number of aliphatic carboxylic acids is 1. The number of likely N-dealkylation sites (N-methyl/N-ethyl adjacent to an activating group) is 1. The monoisotopic (exact) mass is 799 g/mol. The minimum atomic E-state index is -1.50. The van der Waals surface area contributed by atoms with E-state index in [1.807, 2.05) is 21.1 Å². The third kappa shape index (κ3) is 40.5. The molecule has 0 aromatic rings. The molecule has 0 aliphatic rings. The van der Waals surface area contributed by atoms with Crippen LogP contribution in [0.25, 0.3) is 0 Å². The van der Waals surface area contributed by atoms with Crippen molar-refractivity contribution in [3.05, 3.63) is 0 Å². The Bertz CT molecular complexity index is 892. The fourth-order valence-corrected chi connectivity index (χ4v) is 6.90. The van der Waals surface area contributed by atoms with Gasteiger partial charge in [-0.2, -0.15) is 0 Å². The van der Waals surface area contributed by atoms with Crippen molar-refractivity contribution in [3.63, 3.8) is 0 Å². The molecule has 0 radical (unpaired) electrons. The lowest BCUT2D eigenvalue weighted by atomic mass is 10.0. The summed E-state index contributed by atoms with van der Waals surface area (Å²) in [5.41, 5.74) is 0. The van der Waals surface area contributed by atoms with E-state index in [1.165, 1.54) is 161 Å². The van der Waals surface area contributed by atoms with Gasteiger partial charge < -0.3 is 28.5 Å². The topological polar surface area (TPSA) is 108 Å². The number of rotatable bonds is 44. The van der Waals surface area contributed by atoms with Crippen molar-refractivity contribution >= 4 is 17.9 Å². The third-order valence-corrected chi connectivity index (χ3v) is 10.6. The van der Waals surface area contributed by atoms with Crippen LogP contribution in [0, 0.1) is 0 Å². The zero-order chi connectivity index (χ0) is 41.4. The number of carboxylic acid groups (broad SMARTS) is 1. The van der Waals surface area contributed by atoms with Crippen LogP contribution < -0.4 is 0 Å². The summed E-state index contributed by atoms with van der Waals surface area (Å²) in [4.78, 5) is 37.1. The summed E-state index contributed by atoms with van der Waals surface area (Å²) >= 11 is 0. The van der Waals surface area contributed by atoms with Gasteiger partial charge in [-0.3, -0.25) is 9.59 Å². The fraction of sp³-hybridized carbons (Fsp3) is 0.936. The number of carboxylic acids is 1. The van der Waals surface area contributed by atoms with E-state index >= 15 is 0 Å². The third-order valence-electron chi connectivity index (χ3n) is 10.6. The number of carbonyl (C=O) groups excluding carboxylic acids is 2. The lowest BCUT2D eigenvalue weighted by molar-refractivity contribution is -0.870. The van der Waals surface area contributed by atoms with Crippen LogP contribution in [-0.4, -0.2) is 87.4 Å². The second kappa shape index (κ2) is 40.1. The fourth-order valence-electron chi connectivity index (χ4n) is 6.90. The molecule has 0 aliphatic carbocycles. The Labute approximate surface area is 345 Å². The van der Waals surface area contributed by atoms with Gasteiger partial charge in [-0.05, 0) is 12.8 Å². The SMILES string of the molecule is CCCCCCCCCCCCCCCCCCC(=O)OC(COC(=O)CCCCCCCCCCCCCCCCC)COC(OCC[N+](C)(C)C)C(=O)O. The van der Waals surface area contributed by atoms with Crippen LogP contribution in [0.4, 0.5) is 0 Å². The Kier molecular flexibility index (Phi) is 38.9. The van der Waals surface area contributed by atoms with Crippen LogP contribution >= 0.6 is 0 Å². The van der Waals surface area contributed by atoms with Crippen molar-refractivity contribution in [3.8, 4) is 0 Å². The van der Waals surface area contributed by atoms with E-state index < -0.39 is 18.4 Å². The van der Waals surface area contributed by atoms with E-state index in [-0.39, 0.29) is 38.2 Å². The van der Waals surface area contributed by atoms with Gasteiger partial charge >= 0.3 is 17.9 Å². The standard InChI is InChI=1S/C47H91NO8/c1-6-8-10-12-14-16-18-20-22-24-26-28-30-32-34-36-38-45(50)56-43(42-55-47(46(51)52)53-40-39-48(3,4)5)41-54-44(49)37-35-33-31-29-27-25-23-21-19-17-15-13-11-9-7-2/h43,47H,6-42H2,1-5H3/p+1. The second-order valence-electron chi connectivity index (χ2n) is 17.4. The van der Waals surface area contributed by atoms with Crippen LogP contribution in [-0.2, 0) is 33.3 Å². The Hall–Kier alpha value is -1.71. The van der Waals surface area contributed by atoms with Crippen molar-refractivity contribution in [2.45, 2.75) is 238 Å². The molecule has 56 heavy (non-hydrogen) atoms. The molecule has 0 aromatic heterocycles. The van der Waals surface area contributed by atoms with E-state index in [0.717, 1.165) is 38.5 Å². The predicted molar refractivity (Wildman–Crippen MR) is 231 cm³/mol. The highest BCUT2D eigenvalue weighted by Gasteiger charge is 2.25. The minimum Gasteiger partial charge on any atom is -0.477 e. The number of carbonyl (C=O) groups is 3. The van der Waals surface area contributed by atoms with Crippen molar-refractivity contribution < 1.29 is 42.9 Å². The molecular weight excluding hydrogens is 707 g/mol. The first-order chi connectivity index (χ1) is 27.1. The largest absolute Gasteiger partial charge is 0.477 e. The van der Waals surface area contributed by atoms with E-state index in [0.29, 0.717) is 17.4 Å². The van der Waals surface area contributed by atoms with Gasteiger partial charge in [-0.25, -0.2) is 4.79 Å². The Morgan fingerprint density at radius 1 is 0.464 bits per heavy atom. The zero-order valence-corrected chi connectivity index (χ0v) is 37.6. The zero-order valence-electron chi connectivity index (χ0n) is 37.6. The van der Waals surface area contributed by atoms with E-state index in [9.17, 15) is 19.5 Å². The molecule has 0 aromatic carbocycles. The normalized spacial score (nSPS) is 12.8. The summed E-state index contributed by atoms with van der Waals surface area (Å²) in [5.74, 6) is -1.98. The molecule has 9 heteroatoms. The molecule has 0 amide bonds. The number of nitrogens with zero attached hydrogens (tertiary/aromatic N) is 1. The highest BCUT2D eigenvalue weighted by atomic mass is 16.7. The number of esters is 2. The molecule has 0 rings (SSSR count). The highest BCUT2D eigenvalue weighted by Crippen LogP contribution is 2.16. The van der Waals surface area contributed by atoms with Gasteiger partial charge in [0, 0.05) is 12.8 Å². The minimum absolute atomic E-state index is 0.173. The molecule has 1 N–H and O–H groups in total. The predicted octanol–water partition coefficient (Wildman–Crippen LogP) is 12.5. The lowest BCUT2D eigenvalue weighted by Crippen LogP contribution is -2.40. The van der Waals surface area contributed by atoms with Crippen molar-refractivity contribution in [1.29, 1.82) is 0 Å². The number of hydrogen-bond acceptors (Lipinski definition) is 7. The average molecular weight is 799 g/mol. The number of hydrogen-bond donors (Lipinski definition) is 1. The maximum absolute atomic E-state index is 12.8. The summed E-state index contributed by atoms with van der Waals surface area (Å²) in [7, 11) is 5.97. The van der Waals surface area contributed by atoms with Gasteiger partial charge in [0.15, 0.2) is 6.10 Å². The maximum Gasteiger partial charge on any atom is 0.361 e. The molecule has 2 unspecified atom stereocenters. The number of unbranched alkanes of at least 4 members (excludes halogenated alkanes) is 29. The van der Waals surface area contributed by atoms with Gasteiger partial charge in [0.25, 0.3) is 6.29 Å². The maximum atomic E-state index is 12.8. The summed E-state index contributed by atoms with van der Waals surface area (Å²) in [5, 5.41) is 9.64. The number of ether oxygens (including phenoxy) is 4. The molecule has 0 heterocycles. The van der Waals surface area contributed by atoms with E-state index in [4.69, 9.17) is 18.9 Å². The summed E-state index contributed by atoms with van der Waals surface area (Å²) in [6.45, 7) is 4.91. The van der Waals surface area contributed by atoms with Crippen LogP contribution in [0.3, 0.4) is 0 Å².